The van der Waals surface area contributed by atoms with Gasteiger partial charge in [-0.1, -0.05) is 13.8 Å². The number of hydrogen-bond donors (Lipinski definition) is 3. The maximum Gasteiger partial charge on any atom is 0.335 e. The first kappa shape index (κ1) is 19.6. The van der Waals surface area contributed by atoms with Crippen LogP contribution in [0.15, 0.2) is 11.6 Å². The van der Waals surface area contributed by atoms with Gasteiger partial charge in [0.05, 0.1) is 17.3 Å². The van der Waals surface area contributed by atoms with E-state index in [0.29, 0.717) is 18.3 Å². The van der Waals surface area contributed by atoms with Crippen LogP contribution in [0.4, 0.5) is 0 Å². The van der Waals surface area contributed by atoms with Gasteiger partial charge in [0.2, 0.25) is 0 Å². The van der Waals surface area contributed by atoms with E-state index in [0.717, 1.165) is 51.0 Å². The molecule has 4 aliphatic carbocycles. The lowest BCUT2D eigenvalue weighted by atomic mass is 9.43. The highest BCUT2D eigenvalue weighted by atomic mass is 16.6. The van der Waals surface area contributed by atoms with E-state index in [1.165, 1.54) is 0 Å². The number of ether oxygens (including phenoxy) is 1. The Labute approximate surface area is 171 Å². The first-order chi connectivity index (χ1) is 13.6. The molecule has 160 valence electrons. The number of aliphatic hydroxyl groups excluding tert-OH is 1. The summed E-state index contributed by atoms with van der Waals surface area (Å²) in [5.74, 6) is -0.998. The van der Waals surface area contributed by atoms with Crippen molar-refractivity contribution in [2.24, 2.45) is 34.5 Å². The fraction of sp³-hybridized carbons (Fsp3) is 0.826. The van der Waals surface area contributed by atoms with Gasteiger partial charge < -0.3 is 20.1 Å². The lowest BCUT2D eigenvalue weighted by Crippen LogP contribution is -2.62. The van der Waals surface area contributed by atoms with Gasteiger partial charge in [0.1, 0.15) is 6.10 Å². The third-order valence-corrected chi connectivity index (χ3v) is 9.92. The topological polar surface area (TPSA) is 104 Å². The smallest absolute Gasteiger partial charge is 0.335 e. The van der Waals surface area contributed by atoms with Crippen molar-refractivity contribution in [3.8, 4) is 0 Å². The Hall–Kier alpha value is -1.40. The van der Waals surface area contributed by atoms with Crippen LogP contribution in [0.3, 0.4) is 0 Å². The van der Waals surface area contributed by atoms with E-state index in [-0.39, 0.29) is 28.9 Å². The molecule has 0 aromatic rings. The van der Waals surface area contributed by atoms with Crippen LogP contribution in [0.25, 0.3) is 0 Å². The summed E-state index contributed by atoms with van der Waals surface area (Å²) in [5.41, 5.74) is -1.15. The third-order valence-electron chi connectivity index (χ3n) is 9.92. The van der Waals surface area contributed by atoms with E-state index in [1.807, 2.05) is 6.92 Å². The molecule has 0 aromatic heterocycles. The van der Waals surface area contributed by atoms with Crippen molar-refractivity contribution in [2.75, 3.05) is 0 Å². The highest BCUT2D eigenvalue weighted by Gasteiger charge is 2.72. The highest BCUT2D eigenvalue weighted by molar-refractivity contribution is 5.98. The molecular weight excluding hydrogens is 372 g/mol. The molecule has 5 aliphatic rings. The summed E-state index contributed by atoms with van der Waals surface area (Å²) in [4.78, 5) is 23.7. The van der Waals surface area contributed by atoms with Gasteiger partial charge in [-0.3, -0.25) is 0 Å². The van der Waals surface area contributed by atoms with Crippen LogP contribution in [-0.2, 0) is 14.3 Å². The van der Waals surface area contributed by atoms with Crippen LogP contribution in [0.2, 0.25) is 0 Å². The molecule has 4 saturated carbocycles. The zero-order valence-electron chi connectivity index (χ0n) is 17.3. The summed E-state index contributed by atoms with van der Waals surface area (Å²) in [6.07, 6.45) is 7.15. The van der Waals surface area contributed by atoms with Crippen molar-refractivity contribution < 1.29 is 29.6 Å². The van der Waals surface area contributed by atoms with E-state index in [4.69, 9.17) is 4.74 Å². The van der Waals surface area contributed by atoms with Crippen LogP contribution >= 0.6 is 0 Å². The average molecular weight is 405 g/mol. The predicted molar refractivity (Wildman–Crippen MR) is 104 cm³/mol. The van der Waals surface area contributed by atoms with Gasteiger partial charge in [-0.2, -0.15) is 0 Å². The van der Waals surface area contributed by atoms with Crippen molar-refractivity contribution in [3.05, 3.63) is 11.6 Å². The molecular formula is C23H32O6. The van der Waals surface area contributed by atoms with Crippen molar-refractivity contribution in [2.45, 2.75) is 83.0 Å². The van der Waals surface area contributed by atoms with E-state index in [2.05, 4.69) is 6.92 Å². The first-order valence-electron chi connectivity index (χ1n) is 11.2. The zero-order chi connectivity index (χ0) is 20.8. The van der Waals surface area contributed by atoms with Gasteiger partial charge >= 0.3 is 11.9 Å². The molecule has 0 amide bonds. The molecule has 0 bridgehead atoms. The maximum absolute atomic E-state index is 12.3. The maximum atomic E-state index is 12.3. The third kappa shape index (κ3) is 2.42. The number of fused-ring (bicyclic) bond motifs is 7. The van der Waals surface area contributed by atoms with Crippen molar-refractivity contribution >= 4 is 11.9 Å². The number of aliphatic hydroxyl groups is 2. The summed E-state index contributed by atoms with van der Waals surface area (Å²) >= 11 is 0. The van der Waals surface area contributed by atoms with E-state index < -0.39 is 29.1 Å². The summed E-state index contributed by atoms with van der Waals surface area (Å²) < 4.78 is 5.58. The van der Waals surface area contributed by atoms with Gasteiger partial charge in [0.25, 0.3) is 0 Å². The largest absolute Gasteiger partial charge is 0.478 e. The van der Waals surface area contributed by atoms with Crippen molar-refractivity contribution in [1.82, 2.24) is 0 Å². The quantitative estimate of drug-likeness (QED) is 0.459. The van der Waals surface area contributed by atoms with Crippen LogP contribution in [0.1, 0.15) is 65.2 Å². The summed E-state index contributed by atoms with van der Waals surface area (Å²) in [6, 6.07) is 0. The molecule has 0 radical (unpaired) electrons. The summed E-state index contributed by atoms with van der Waals surface area (Å²) in [6.45, 7) is 4.41. The number of carbonyl (C=O) groups excluding carboxylic acids is 1. The standard InChI is InChI=1S/C23H32O6/c1-21-7-5-13(24)9-12(21)3-4-16-15(21)6-8-22(2)19-14(10-18(25)26)20(27)29-17(19)11-23(16,22)28/h10,12-13,15-17,19,24,28H,3-9,11H2,1-2H3,(H,25,26)/b14-10-/t12-,13+,15+,16-,17+,19+,21+,22-,23+/m1/s1. The predicted octanol–water partition coefficient (Wildman–Crippen LogP) is 2.67. The van der Waals surface area contributed by atoms with Gasteiger partial charge in [-0.05, 0) is 68.1 Å². The molecule has 9 atom stereocenters. The Bertz CT molecular complexity index is 790. The Balaban J connectivity index is 1.52. The van der Waals surface area contributed by atoms with Crippen LogP contribution < -0.4 is 0 Å². The number of esters is 1. The Morgan fingerprint density at radius 3 is 2.62 bits per heavy atom. The van der Waals surface area contributed by atoms with Crippen LogP contribution in [0.5, 0.6) is 0 Å². The van der Waals surface area contributed by atoms with Crippen LogP contribution in [0, 0.1) is 34.5 Å². The van der Waals surface area contributed by atoms with E-state index >= 15 is 0 Å². The molecule has 3 N–H and O–H groups in total. The monoisotopic (exact) mass is 404 g/mol. The second-order valence-corrected chi connectivity index (χ2v) is 10.9. The number of carbonyl (C=O) groups is 2. The Morgan fingerprint density at radius 1 is 1.14 bits per heavy atom. The molecule has 5 rings (SSSR count). The molecule has 5 fully saturated rings. The SMILES string of the molecule is C[C@]12CC[C@H](O)C[C@H]1CC[C@@H]1[C@@H]2CC[C@]2(C)[C@H]3/C(=C/C(=O)O)C(=O)O[C@H]3C[C@]12O. The molecule has 1 saturated heterocycles. The minimum absolute atomic E-state index is 0.132. The molecule has 6 heteroatoms. The van der Waals surface area contributed by atoms with Crippen molar-refractivity contribution in [1.29, 1.82) is 0 Å². The fourth-order valence-electron chi connectivity index (χ4n) is 8.48. The van der Waals surface area contributed by atoms with E-state index in [9.17, 15) is 24.9 Å². The zero-order valence-corrected chi connectivity index (χ0v) is 17.3. The minimum atomic E-state index is -1.14. The highest BCUT2D eigenvalue weighted by Crippen LogP contribution is 2.71. The number of carboxylic acid groups (broad SMARTS) is 1. The first-order valence-corrected chi connectivity index (χ1v) is 11.2. The van der Waals surface area contributed by atoms with Gasteiger partial charge in [0.15, 0.2) is 0 Å². The Morgan fingerprint density at radius 2 is 1.90 bits per heavy atom. The second-order valence-electron chi connectivity index (χ2n) is 10.9. The molecule has 1 aliphatic heterocycles. The van der Waals surface area contributed by atoms with Gasteiger partial charge in [-0.15, -0.1) is 0 Å². The number of aliphatic carboxylic acids is 1. The van der Waals surface area contributed by atoms with E-state index in [1.54, 1.807) is 0 Å². The van der Waals surface area contributed by atoms with Crippen molar-refractivity contribution in [3.63, 3.8) is 0 Å². The number of hydrogen-bond acceptors (Lipinski definition) is 5. The molecule has 0 aromatic carbocycles. The Kier molecular flexibility index (Phi) is 4.09. The summed E-state index contributed by atoms with van der Waals surface area (Å²) in [5, 5.41) is 31.6. The fourth-order valence-corrected chi connectivity index (χ4v) is 8.48. The number of carboxylic acids is 1. The minimum Gasteiger partial charge on any atom is -0.478 e. The molecule has 0 unspecified atom stereocenters. The number of rotatable bonds is 1. The molecule has 0 spiro atoms. The normalized spacial score (nSPS) is 54.9. The second kappa shape index (κ2) is 6.07. The summed E-state index contributed by atoms with van der Waals surface area (Å²) in [7, 11) is 0. The average Bonchev–Trinajstić information content (AvgIpc) is 3.05. The van der Waals surface area contributed by atoms with Gasteiger partial charge in [0, 0.05) is 23.8 Å². The van der Waals surface area contributed by atoms with Crippen LogP contribution in [-0.4, -0.2) is 45.1 Å². The molecule has 6 nitrogen and oxygen atoms in total. The molecule has 1 heterocycles. The molecule has 29 heavy (non-hydrogen) atoms. The van der Waals surface area contributed by atoms with Gasteiger partial charge in [-0.25, -0.2) is 9.59 Å². The lowest BCUT2D eigenvalue weighted by molar-refractivity contribution is -0.209. The lowest BCUT2D eigenvalue weighted by Gasteiger charge is -2.63.